The van der Waals surface area contributed by atoms with Gasteiger partial charge in [-0.1, -0.05) is 23.2 Å². The van der Waals surface area contributed by atoms with Gasteiger partial charge in [-0.05, 0) is 23.9 Å². The Morgan fingerprint density at radius 1 is 1.31 bits per heavy atom. The highest BCUT2D eigenvalue weighted by Gasteiger charge is 2.13. The summed E-state index contributed by atoms with van der Waals surface area (Å²) in [6.45, 7) is 1.31. The second-order valence-corrected chi connectivity index (χ2v) is 6.69. The zero-order valence-corrected chi connectivity index (χ0v) is 16.0. The molecule has 2 aromatic rings. The van der Waals surface area contributed by atoms with E-state index in [9.17, 15) is 14.4 Å². The van der Waals surface area contributed by atoms with Crippen molar-refractivity contribution in [1.29, 1.82) is 0 Å². The fraction of sp³-hybridized carbons (Fsp3) is 0.250. The lowest BCUT2D eigenvalue weighted by Gasteiger charge is -2.09. The van der Waals surface area contributed by atoms with Crippen LogP contribution in [0.5, 0.6) is 0 Å². The third kappa shape index (κ3) is 5.69. The van der Waals surface area contributed by atoms with E-state index < -0.39 is 18.5 Å². The number of pyridine rings is 1. The number of ether oxygens (including phenoxy) is 1. The van der Waals surface area contributed by atoms with E-state index in [1.54, 1.807) is 23.8 Å². The fourth-order valence-electron chi connectivity index (χ4n) is 1.80. The first kappa shape index (κ1) is 20.2. The van der Waals surface area contributed by atoms with Crippen molar-refractivity contribution >= 4 is 58.1 Å². The summed E-state index contributed by atoms with van der Waals surface area (Å²) >= 11 is 13.3. The number of anilines is 1. The van der Waals surface area contributed by atoms with Crippen LogP contribution in [-0.2, 0) is 14.3 Å². The van der Waals surface area contributed by atoms with E-state index in [1.165, 1.54) is 17.5 Å². The van der Waals surface area contributed by atoms with Crippen molar-refractivity contribution in [2.24, 2.45) is 0 Å². The number of rotatable bonds is 7. The molecule has 0 aliphatic carbocycles. The van der Waals surface area contributed by atoms with Crippen molar-refractivity contribution < 1.29 is 19.1 Å². The molecule has 2 N–H and O–H groups in total. The molecule has 0 aromatic carbocycles. The van der Waals surface area contributed by atoms with E-state index in [-0.39, 0.29) is 29.7 Å². The highest BCUT2D eigenvalue weighted by molar-refractivity contribution is 7.08. The number of thiophene rings is 1. The lowest BCUT2D eigenvalue weighted by Crippen LogP contribution is -2.27. The third-order valence-corrected chi connectivity index (χ3v) is 4.75. The maximum Gasteiger partial charge on any atom is 0.308 e. The fourth-order valence-corrected chi connectivity index (χ4v) is 2.83. The van der Waals surface area contributed by atoms with Gasteiger partial charge in [0.2, 0.25) is 0 Å². The second kappa shape index (κ2) is 9.51. The Hall–Kier alpha value is -2.16. The molecule has 0 radical (unpaired) electrons. The Labute approximate surface area is 163 Å². The van der Waals surface area contributed by atoms with Crippen LogP contribution in [0.3, 0.4) is 0 Å². The van der Waals surface area contributed by atoms with Gasteiger partial charge in [-0.15, -0.1) is 0 Å². The maximum absolute atomic E-state index is 11.8. The molecule has 10 heteroatoms. The zero-order chi connectivity index (χ0) is 19.1. The Morgan fingerprint density at radius 3 is 2.77 bits per heavy atom. The molecule has 0 unspecified atom stereocenters. The maximum atomic E-state index is 11.8. The van der Waals surface area contributed by atoms with Gasteiger partial charge in [-0.2, -0.15) is 11.3 Å². The van der Waals surface area contributed by atoms with Crippen LogP contribution in [0.25, 0.3) is 0 Å². The predicted octanol–water partition coefficient (Wildman–Crippen LogP) is 3.06. The third-order valence-electron chi connectivity index (χ3n) is 3.22. The summed E-state index contributed by atoms with van der Waals surface area (Å²) in [6.07, 6.45) is 1.31. The van der Waals surface area contributed by atoms with Crippen molar-refractivity contribution in [1.82, 2.24) is 10.3 Å². The molecule has 2 amide bonds. The number of aromatic nitrogens is 1. The highest BCUT2D eigenvalue weighted by atomic mass is 35.5. The Balaban J connectivity index is 1.71. The topological polar surface area (TPSA) is 97.4 Å². The Bertz CT molecular complexity index is 812. The van der Waals surface area contributed by atoms with Crippen LogP contribution in [0.15, 0.2) is 23.0 Å². The second-order valence-electron chi connectivity index (χ2n) is 5.12. The number of amides is 2. The van der Waals surface area contributed by atoms with Crippen LogP contribution in [0, 0.1) is 6.92 Å². The van der Waals surface area contributed by atoms with E-state index in [0.717, 1.165) is 0 Å². The first-order valence-electron chi connectivity index (χ1n) is 7.45. The number of carbonyl (C=O) groups is 3. The number of halogens is 2. The van der Waals surface area contributed by atoms with Gasteiger partial charge in [0.15, 0.2) is 12.4 Å². The largest absolute Gasteiger partial charge is 0.456 e. The molecule has 0 bridgehead atoms. The summed E-state index contributed by atoms with van der Waals surface area (Å²) in [5.74, 6) is -1.33. The van der Waals surface area contributed by atoms with Crippen molar-refractivity contribution in [3.63, 3.8) is 0 Å². The molecule has 2 heterocycles. The summed E-state index contributed by atoms with van der Waals surface area (Å²) in [4.78, 5) is 39.0. The van der Waals surface area contributed by atoms with Crippen LogP contribution in [0.1, 0.15) is 22.3 Å². The SMILES string of the molecule is Cc1c(Cl)cnc(NC(=O)COC(=O)CCNC(=O)c2ccsc2)c1Cl. The summed E-state index contributed by atoms with van der Waals surface area (Å²) in [5, 5.41) is 9.11. The molecular weight excluding hydrogens is 401 g/mol. The molecule has 0 saturated carbocycles. The summed E-state index contributed by atoms with van der Waals surface area (Å²) in [6, 6.07) is 1.68. The average molecular weight is 416 g/mol. The first-order chi connectivity index (χ1) is 12.4. The molecule has 0 spiro atoms. The molecule has 7 nitrogen and oxygen atoms in total. The van der Waals surface area contributed by atoms with Crippen LogP contribution in [0.4, 0.5) is 5.82 Å². The highest BCUT2D eigenvalue weighted by Crippen LogP contribution is 2.28. The van der Waals surface area contributed by atoms with Crippen molar-refractivity contribution in [2.45, 2.75) is 13.3 Å². The van der Waals surface area contributed by atoms with Gasteiger partial charge in [-0.25, -0.2) is 4.98 Å². The monoisotopic (exact) mass is 415 g/mol. The zero-order valence-electron chi connectivity index (χ0n) is 13.7. The molecule has 0 aliphatic rings. The molecule has 0 aliphatic heterocycles. The van der Waals surface area contributed by atoms with E-state index in [2.05, 4.69) is 15.6 Å². The molecule has 138 valence electrons. The lowest BCUT2D eigenvalue weighted by atomic mass is 10.3. The molecule has 2 aromatic heterocycles. The predicted molar refractivity (Wildman–Crippen MR) is 99.9 cm³/mol. The summed E-state index contributed by atoms with van der Waals surface area (Å²) < 4.78 is 4.85. The minimum atomic E-state index is -0.614. The molecule has 0 saturated heterocycles. The van der Waals surface area contributed by atoms with Gasteiger partial charge in [0.25, 0.3) is 11.8 Å². The van der Waals surface area contributed by atoms with Crippen molar-refractivity contribution in [3.05, 3.63) is 44.2 Å². The molecule has 2 rings (SSSR count). The molecule has 0 atom stereocenters. The smallest absolute Gasteiger partial charge is 0.308 e. The molecular formula is C16H15Cl2N3O4S. The van der Waals surface area contributed by atoms with Gasteiger partial charge in [0.05, 0.1) is 16.5 Å². The van der Waals surface area contributed by atoms with Gasteiger partial charge >= 0.3 is 5.97 Å². The number of esters is 1. The molecule has 0 fully saturated rings. The van der Waals surface area contributed by atoms with Crippen molar-refractivity contribution in [3.8, 4) is 0 Å². The normalized spacial score (nSPS) is 10.3. The number of nitrogens with one attached hydrogen (secondary N) is 2. The first-order valence-corrected chi connectivity index (χ1v) is 9.15. The minimum absolute atomic E-state index is 0.0534. The quantitative estimate of drug-likeness (QED) is 0.677. The van der Waals surface area contributed by atoms with Gasteiger partial charge in [0, 0.05) is 23.7 Å². The lowest BCUT2D eigenvalue weighted by molar-refractivity contribution is -0.147. The van der Waals surface area contributed by atoms with E-state index >= 15 is 0 Å². The van der Waals surface area contributed by atoms with Gasteiger partial charge in [0.1, 0.15) is 0 Å². The number of nitrogens with zero attached hydrogens (tertiary/aromatic N) is 1. The van der Waals surface area contributed by atoms with Gasteiger partial charge in [-0.3, -0.25) is 14.4 Å². The van der Waals surface area contributed by atoms with E-state index in [0.29, 0.717) is 16.1 Å². The average Bonchev–Trinajstić information content (AvgIpc) is 3.15. The summed E-state index contributed by atoms with van der Waals surface area (Å²) in [5.41, 5.74) is 1.11. The Morgan fingerprint density at radius 2 is 2.08 bits per heavy atom. The van der Waals surface area contributed by atoms with Crippen LogP contribution < -0.4 is 10.6 Å². The summed E-state index contributed by atoms with van der Waals surface area (Å²) in [7, 11) is 0. The standard InChI is InChI=1S/C16H15Cl2N3O4S/c1-9-11(17)6-20-15(14(9)18)21-12(22)7-25-13(23)2-4-19-16(24)10-3-5-26-8-10/h3,5-6,8H,2,4,7H2,1H3,(H,19,24)(H,20,21,22). The Kier molecular flexibility index (Phi) is 7.38. The van der Waals surface area contributed by atoms with E-state index in [4.69, 9.17) is 27.9 Å². The number of carbonyl (C=O) groups excluding carboxylic acids is 3. The number of hydrogen-bond acceptors (Lipinski definition) is 6. The van der Waals surface area contributed by atoms with Crippen LogP contribution in [-0.4, -0.2) is 35.9 Å². The van der Waals surface area contributed by atoms with E-state index in [1.807, 2.05) is 0 Å². The van der Waals surface area contributed by atoms with Crippen LogP contribution in [0.2, 0.25) is 10.0 Å². The van der Waals surface area contributed by atoms with Crippen LogP contribution >= 0.6 is 34.5 Å². The minimum Gasteiger partial charge on any atom is -0.456 e. The van der Waals surface area contributed by atoms with Crippen molar-refractivity contribution in [2.75, 3.05) is 18.5 Å². The molecule has 26 heavy (non-hydrogen) atoms. The number of hydrogen-bond donors (Lipinski definition) is 2. The van der Waals surface area contributed by atoms with Gasteiger partial charge < -0.3 is 15.4 Å².